The van der Waals surface area contributed by atoms with Gasteiger partial charge in [0.2, 0.25) is 0 Å². The molecule has 4 rings (SSSR count). The van der Waals surface area contributed by atoms with E-state index < -0.39 is 0 Å². The minimum Gasteiger partial charge on any atom is -0.337 e. The van der Waals surface area contributed by atoms with E-state index in [9.17, 15) is 4.79 Å². The Morgan fingerprint density at radius 1 is 1.22 bits per heavy atom. The van der Waals surface area contributed by atoms with Crippen LogP contribution >= 0.6 is 34.7 Å². The number of carbonyl (C=O) groups excluding carboxylic acids is 1. The Kier molecular flexibility index (Phi) is 5.33. The van der Waals surface area contributed by atoms with Gasteiger partial charge in [0.25, 0.3) is 5.91 Å². The molecule has 4 heterocycles. The summed E-state index contributed by atoms with van der Waals surface area (Å²) in [7, 11) is 0. The number of carbonyl (C=O) groups is 1. The minimum atomic E-state index is -0.188. The smallest absolute Gasteiger partial charge is 0.275 e. The van der Waals surface area contributed by atoms with Gasteiger partial charge in [-0.3, -0.25) is 9.78 Å². The molecule has 1 saturated heterocycles. The highest BCUT2D eigenvalue weighted by molar-refractivity contribution is 7.11. The highest BCUT2D eigenvalue weighted by Crippen LogP contribution is 2.34. The lowest BCUT2D eigenvalue weighted by Gasteiger charge is -2.32. The average Bonchev–Trinajstić information content (AvgIpc) is 3.07. The molecule has 0 aromatic carbocycles. The molecule has 9 heteroatoms. The zero-order valence-electron chi connectivity index (χ0n) is 14.2. The van der Waals surface area contributed by atoms with Crippen LogP contribution in [0.5, 0.6) is 0 Å². The van der Waals surface area contributed by atoms with Crippen molar-refractivity contribution in [3.63, 3.8) is 0 Å². The van der Waals surface area contributed by atoms with Crippen LogP contribution < -0.4 is 0 Å². The van der Waals surface area contributed by atoms with Crippen molar-refractivity contribution in [1.29, 1.82) is 0 Å². The predicted molar refractivity (Wildman–Crippen MR) is 105 cm³/mol. The molecule has 0 unspecified atom stereocenters. The van der Waals surface area contributed by atoms with Gasteiger partial charge < -0.3 is 4.90 Å². The summed E-state index contributed by atoms with van der Waals surface area (Å²) >= 11 is 13.1. The van der Waals surface area contributed by atoms with Crippen molar-refractivity contribution in [3.8, 4) is 11.1 Å². The van der Waals surface area contributed by atoms with Crippen LogP contribution in [0.1, 0.15) is 34.9 Å². The van der Waals surface area contributed by atoms with Crippen molar-refractivity contribution in [1.82, 2.24) is 24.2 Å². The lowest BCUT2D eigenvalue weighted by molar-refractivity contribution is 0.0701. The van der Waals surface area contributed by atoms with E-state index in [1.54, 1.807) is 23.6 Å². The summed E-state index contributed by atoms with van der Waals surface area (Å²) in [5.74, 6) is -0.0749. The molecule has 0 spiro atoms. The maximum absolute atomic E-state index is 12.9. The third-order valence-electron chi connectivity index (χ3n) is 4.63. The molecule has 138 valence electrons. The first kappa shape index (κ1) is 18.3. The summed E-state index contributed by atoms with van der Waals surface area (Å²) in [6.45, 7) is 1.22. The van der Waals surface area contributed by atoms with Crippen LogP contribution in [0.3, 0.4) is 0 Å². The Balaban J connectivity index is 1.61. The van der Waals surface area contributed by atoms with Crippen LogP contribution in [0, 0.1) is 0 Å². The van der Waals surface area contributed by atoms with Gasteiger partial charge in [0, 0.05) is 43.2 Å². The van der Waals surface area contributed by atoms with E-state index in [1.165, 1.54) is 0 Å². The summed E-state index contributed by atoms with van der Waals surface area (Å²) in [4.78, 5) is 27.4. The molecule has 0 saturated carbocycles. The second-order valence-electron chi connectivity index (χ2n) is 6.27. The molecule has 3 aromatic heterocycles. The number of piperidine rings is 1. The van der Waals surface area contributed by atoms with Gasteiger partial charge in [-0.15, -0.1) is 0 Å². The van der Waals surface area contributed by atoms with Crippen LogP contribution in [0.4, 0.5) is 0 Å². The van der Waals surface area contributed by atoms with Crippen LogP contribution in [-0.2, 0) is 0 Å². The number of pyridine rings is 1. The van der Waals surface area contributed by atoms with Crippen molar-refractivity contribution in [3.05, 3.63) is 57.8 Å². The average molecular weight is 420 g/mol. The van der Waals surface area contributed by atoms with Gasteiger partial charge in [-0.2, -0.15) is 4.37 Å². The predicted octanol–water partition coefficient (Wildman–Crippen LogP) is 4.32. The number of hydrogen-bond donors (Lipinski definition) is 0. The molecule has 1 atom stereocenters. The largest absolute Gasteiger partial charge is 0.337 e. The zero-order valence-corrected chi connectivity index (χ0v) is 16.5. The summed E-state index contributed by atoms with van der Waals surface area (Å²) in [5, 5.41) is 0.230. The van der Waals surface area contributed by atoms with Gasteiger partial charge >= 0.3 is 0 Å². The molecule has 0 bridgehead atoms. The monoisotopic (exact) mass is 419 g/mol. The molecule has 1 aliphatic rings. The number of amides is 1. The van der Waals surface area contributed by atoms with Gasteiger partial charge in [0.05, 0.1) is 5.69 Å². The second kappa shape index (κ2) is 7.88. The molecular weight excluding hydrogens is 405 g/mol. The standard InChI is InChI=1S/C18H15Cl2N5OS/c19-14-16(24-27-17(14)20)18(26)25-7-1-2-12(9-25)15-13(8-22-10-23-15)11-3-5-21-6-4-11/h3-6,8,10,12H,1-2,7,9H2/t12-/m0/s1. The molecule has 27 heavy (non-hydrogen) atoms. The van der Waals surface area contributed by atoms with Crippen LogP contribution in [0.15, 0.2) is 37.1 Å². The van der Waals surface area contributed by atoms with Crippen molar-refractivity contribution >= 4 is 40.6 Å². The molecule has 6 nitrogen and oxygen atoms in total. The first-order chi connectivity index (χ1) is 13.1. The van der Waals surface area contributed by atoms with E-state index in [0.717, 1.165) is 41.2 Å². The fourth-order valence-corrected chi connectivity index (χ4v) is 4.33. The summed E-state index contributed by atoms with van der Waals surface area (Å²) in [6.07, 6.45) is 8.69. The maximum atomic E-state index is 12.9. The van der Waals surface area contributed by atoms with E-state index in [1.807, 2.05) is 18.3 Å². The molecule has 1 aliphatic heterocycles. The van der Waals surface area contributed by atoms with E-state index >= 15 is 0 Å². The van der Waals surface area contributed by atoms with E-state index in [0.29, 0.717) is 17.4 Å². The van der Waals surface area contributed by atoms with E-state index in [2.05, 4.69) is 19.3 Å². The van der Waals surface area contributed by atoms with Crippen molar-refractivity contribution < 1.29 is 4.79 Å². The lowest BCUT2D eigenvalue weighted by Crippen LogP contribution is -2.39. The van der Waals surface area contributed by atoms with Gasteiger partial charge in [-0.1, -0.05) is 23.2 Å². The second-order valence-corrected chi connectivity index (χ2v) is 8.02. The number of rotatable bonds is 3. The number of halogens is 2. The Morgan fingerprint density at radius 3 is 2.78 bits per heavy atom. The highest BCUT2D eigenvalue weighted by Gasteiger charge is 2.30. The zero-order chi connectivity index (χ0) is 18.8. The van der Waals surface area contributed by atoms with Crippen molar-refractivity contribution in [2.45, 2.75) is 18.8 Å². The number of likely N-dealkylation sites (tertiary alicyclic amines) is 1. The lowest BCUT2D eigenvalue weighted by atomic mass is 9.90. The Hall–Kier alpha value is -2.09. The summed E-state index contributed by atoms with van der Waals surface area (Å²) in [5.41, 5.74) is 3.15. The van der Waals surface area contributed by atoms with E-state index in [4.69, 9.17) is 23.2 Å². The SMILES string of the molecule is O=C(c1nsc(Cl)c1Cl)N1CCC[C@H](c2ncncc2-c2ccncc2)C1. The number of hydrogen-bond acceptors (Lipinski definition) is 6. The third-order valence-corrected chi connectivity index (χ3v) is 6.24. The fourth-order valence-electron chi connectivity index (χ4n) is 3.34. The number of nitrogens with zero attached hydrogens (tertiary/aromatic N) is 5. The van der Waals surface area contributed by atoms with Gasteiger partial charge in [-0.05, 0) is 42.1 Å². The maximum Gasteiger partial charge on any atom is 0.275 e. The molecule has 1 amide bonds. The molecular formula is C18H15Cl2N5OS. The Bertz CT molecular complexity index is 965. The molecule has 0 aliphatic carbocycles. The minimum absolute atomic E-state index is 0.113. The summed E-state index contributed by atoms with van der Waals surface area (Å²) in [6, 6.07) is 3.87. The molecule has 1 fully saturated rings. The Morgan fingerprint density at radius 2 is 2.04 bits per heavy atom. The van der Waals surface area contributed by atoms with Gasteiger partial charge in [0.15, 0.2) is 5.69 Å². The van der Waals surface area contributed by atoms with Gasteiger partial charge in [0.1, 0.15) is 15.7 Å². The first-order valence-corrected chi connectivity index (χ1v) is 9.98. The van der Waals surface area contributed by atoms with E-state index in [-0.39, 0.29) is 22.5 Å². The third kappa shape index (κ3) is 3.67. The van der Waals surface area contributed by atoms with Crippen LogP contribution in [-0.4, -0.2) is 43.2 Å². The highest BCUT2D eigenvalue weighted by atomic mass is 35.5. The first-order valence-electron chi connectivity index (χ1n) is 8.45. The number of aromatic nitrogens is 4. The summed E-state index contributed by atoms with van der Waals surface area (Å²) < 4.78 is 4.44. The van der Waals surface area contributed by atoms with Crippen molar-refractivity contribution in [2.75, 3.05) is 13.1 Å². The quantitative estimate of drug-likeness (QED) is 0.631. The van der Waals surface area contributed by atoms with Crippen LogP contribution in [0.25, 0.3) is 11.1 Å². The topological polar surface area (TPSA) is 71.9 Å². The molecule has 3 aromatic rings. The molecule has 0 radical (unpaired) electrons. The van der Waals surface area contributed by atoms with Gasteiger partial charge in [-0.25, -0.2) is 9.97 Å². The molecule has 0 N–H and O–H groups in total. The van der Waals surface area contributed by atoms with Crippen LogP contribution in [0.2, 0.25) is 9.36 Å². The Labute approximate surface area is 170 Å². The normalized spacial score (nSPS) is 17.1. The van der Waals surface area contributed by atoms with Crippen molar-refractivity contribution in [2.24, 2.45) is 0 Å². The fraction of sp³-hybridized carbons (Fsp3) is 0.278.